The summed E-state index contributed by atoms with van der Waals surface area (Å²) in [5.41, 5.74) is 6.18. The molecule has 0 radical (unpaired) electrons. The van der Waals surface area contributed by atoms with E-state index in [4.69, 9.17) is 14.2 Å². The first-order valence-electron chi connectivity index (χ1n) is 7.12. The van der Waals surface area contributed by atoms with E-state index in [-0.39, 0.29) is 5.91 Å². The fourth-order valence-electron chi connectivity index (χ4n) is 2.25. The van der Waals surface area contributed by atoms with Crippen molar-refractivity contribution in [3.63, 3.8) is 0 Å². The first kappa shape index (κ1) is 16.1. The van der Waals surface area contributed by atoms with E-state index < -0.39 is 12.2 Å². The Hall–Kier alpha value is -2.28. The van der Waals surface area contributed by atoms with Crippen molar-refractivity contribution in [2.24, 2.45) is 0 Å². The zero-order valence-corrected chi connectivity index (χ0v) is 12.9. The van der Waals surface area contributed by atoms with E-state index in [1.54, 1.807) is 12.1 Å². The summed E-state index contributed by atoms with van der Waals surface area (Å²) >= 11 is 0. The SMILES string of the molecule is CCCCC(=O)NNC1OC(=O)c2c1ccc(OC)c2OC. The quantitative estimate of drug-likeness (QED) is 0.589. The molecule has 0 saturated heterocycles. The number of amides is 1. The maximum Gasteiger partial charge on any atom is 0.344 e. The first-order valence-corrected chi connectivity index (χ1v) is 7.12. The lowest BCUT2D eigenvalue weighted by molar-refractivity contribution is -0.123. The Balaban J connectivity index is 2.14. The van der Waals surface area contributed by atoms with Gasteiger partial charge in [0.2, 0.25) is 5.91 Å². The van der Waals surface area contributed by atoms with E-state index in [1.807, 2.05) is 6.92 Å². The Labute approximate surface area is 128 Å². The van der Waals surface area contributed by atoms with Crippen LogP contribution in [0.4, 0.5) is 0 Å². The topological polar surface area (TPSA) is 85.9 Å². The molecule has 1 amide bonds. The average molecular weight is 308 g/mol. The summed E-state index contributed by atoms with van der Waals surface area (Å²) < 4.78 is 15.6. The molecule has 2 N–H and O–H groups in total. The van der Waals surface area contributed by atoms with E-state index in [0.717, 1.165) is 12.8 Å². The molecule has 120 valence electrons. The van der Waals surface area contributed by atoms with Crippen molar-refractivity contribution < 1.29 is 23.8 Å². The minimum atomic E-state index is -0.743. The van der Waals surface area contributed by atoms with Crippen molar-refractivity contribution in [2.75, 3.05) is 14.2 Å². The number of cyclic esters (lactones) is 1. The lowest BCUT2D eigenvalue weighted by Gasteiger charge is -2.14. The van der Waals surface area contributed by atoms with E-state index in [1.165, 1.54) is 14.2 Å². The van der Waals surface area contributed by atoms with Gasteiger partial charge in [0.05, 0.1) is 14.2 Å². The molecule has 2 rings (SSSR count). The van der Waals surface area contributed by atoms with E-state index in [0.29, 0.717) is 29.0 Å². The van der Waals surface area contributed by atoms with E-state index in [2.05, 4.69) is 10.9 Å². The Morgan fingerprint density at radius 2 is 2.09 bits per heavy atom. The summed E-state index contributed by atoms with van der Waals surface area (Å²) in [5.74, 6) is 0.107. The normalized spacial score (nSPS) is 16.0. The van der Waals surface area contributed by atoms with Gasteiger partial charge in [0, 0.05) is 12.0 Å². The number of fused-ring (bicyclic) bond motifs is 1. The van der Waals surface area contributed by atoms with Gasteiger partial charge in [-0.05, 0) is 18.6 Å². The summed E-state index contributed by atoms with van der Waals surface area (Å²) in [4.78, 5) is 23.6. The molecule has 1 aliphatic heterocycles. The molecule has 0 saturated carbocycles. The number of hydrogen-bond acceptors (Lipinski definition) is 6. The molecule has 7 heteroatoms. The van der Waals surface area contributed by atoms with Crippen molar-refractivity contribution in [2.45, 2.75) is 32.4 Å². The Kier molecular flexibility index (Phi) is 5.21. The van der Waals surface area contributed by atoms with Gasteiger partial charge in [-0.15, -0.1) is 0 Å². The van der Waals surface area contributed by atoms with Gasteiger partial charge < -0.3 is 14.2 Å². The predicted octanol–water partition coefficient (Wildman–Crippen LogP) is 1.68. The molecule has 1 aromatic carbocycles. The minimum absolute atomic E-state index is 0.146. The molecule has 7 nitrogen and oxygen atoms in total. The highest BCUT2D eigenvalue weighted by Gasteiger charge is 2.35. The standard InChI is InChI=1S/C15H20N2O5/c1-4-5-6-11(18)16-17-14-9-7-8-10(20-2)13(21-3)12(9)15(19)22-14/h7-8,14,17H,4-6H2,1-3H3,(H,16,18). The van der Waals surface area contributed by atoms with Gasteiger partial charge in [0.1, 0.15) is 5.56 Å². The molecule has 0 spiro atoms. The smallest absolute Gasteiger partial charge is 0.344 e. The second-order valence-electron chi connectivity index (χ2n) is 4.85. The number of hydrazine groups is 1. The Bertz CT molecular complexity index is 573. The molecule has 0 aliphatic carbocycles. The molecular weight excluding hydrogens is 288 g/mol. The number of unbranched alkanes of at least 4 members (excludes halogenated alkanes) is 1. The van der Waals surface area contributed by atoms with Crippen LogP contribution in [0.1, 0.15) is 48.3 Å². The van der Waals surface area contributed by atoms with Gasteiger partial charge in [0.15, 0.2) is 17.7 Å². The predicted molar refractivity (Wildman–Crippen MR) is 78.5 cm³/mol. The summed E-state index contributed by atoms with van der Waals surface area (Å²) in [6.45, 7) is 2.01. The van der Waals surface area contributed by atoms with Gasteiger partial charge in [-0.3, -0.25) is 10.2 Å². The van der Waals surface area contributed by atoms with Crippen molar-refractivity contribution in [3.8, 4) is 11.5 Å². The molecule has 1 unspecified atom stereocenters. The lowest BCUT2D eigenvalue weighted by Crippen LogP contribution is -2.40. The molecular formula is C15H20N2O5. The van der Waals surface area contributed by atoms with Crippen LogP contribution in [0.25, 0.3) is 0 Å². The molecule has 1 atom stereocenters. The summed E-state index contributed by atoms with van der Waals surface area (Å²) in [6, 6.07) is 3.39. The third-order valence-corrected chi connectivity index (χ3v) is 3.39. The number of hydrogen-bond donors (Lipinski definition) is 2. The molecule has 1 aliphatic rings. The number of rotatable bonds is 7. The second kappa shape index (κ2) is 7.13. The maximum atomic E-state index is 12.0. The number of benzene rings is 1. The summed E-state index contributed by atoms with van der Waals surface area (Å²) in [7, 11) is 2.95. The Morgan fingerprint density at radius 1 is 1.32 bits per heavy atom. The van der Waals surface area contributed by atoms with Gasteiger partial charge in [-0.2, -0.15) is 5.43 Å². The van der Waals surface area contributed by atoms with Crippen molar-refractivity contribution in [1.82, 2.24) is 10.9 Å². The van der Waals surface area contributed by atoms with Crippen LogP contribution in [0.5, 0.6) is 11.5 Å². The summed E-state index contributed by atoms with van der Waals surface area (Å²) in [6.07, 6.45) is 1.42. The first-order chi connectivity index (χ1) is 10.6. The highest BCUT2D eigenvalue weighted by Crippen LogP contribution is 2.40. The molecule has 0 aromatic heterocycles. The highest BCUT2D eigenvalue weighted by molar-refractivity contribution is 5.98. The maximum absolute atomic E-state index is 12.0. The third kappa shape index (κ3) is 3.14. The number of nitrogens with one attached hydrogen (secondary N) is 2. The van der Waals surface area contributed by atoms with Crippen LogP contribution >= 0.6 is 0 Å². The highest BCUT2D eigenvalue weighted by atomic mass is 16.6. The fraction of sp³-hybridized carbons (Fsp3) is 0.467. The van der Waals surface area contributed by atoms with Gasteiger partial charge in [-0.1, -0.05) is 13.3 Å². The number of carbonyl (C=O) groups is 2. The summed E-state index contributed by atoms with van der Waals surface area (Å²) in [5, 5.41) is 0. The lowest BCUT2D eigenvalue weighted by atomic mass is 10.1. The molecule has 0 bridgehead atoms. The second-order valence-corrected chi connectivity index (χ2v) is 4.85. The molecule has 0 fully saturated rings. The number of methoxy groups -OCH3 is 2. The van der Waals surface area contributed by atoms with E-state index in [9.17, 15) is 9.59 Å². The number of esters is 1. The van der Waals surface area contributed by atoms with Crippen molar-refractivity contribution in [1.29, 1.82) is 0 Å². The Morgan fingerprint density at radius 3 is 2.73 bits per heavy atom. The molecule has 22 heavy (non-hydrogen) atoms. The average Bonchev–Trinajstić information content (AvgIpc) is 2.86. The zero-order chi connectivity index (χ0) is 16.1. The van der Waals surface area contributed by atoms with E-state index >= 15 is 0 Å². The van der Waals surface area contributed by atoms with Crippen molar-refractivity contribution in [3.05, 3.63) is 23.3 Å². The zero-order valence-electron chi connectivity index (χ0n) is 12.9. The number of carbonyl (C=O) groups excluding carboxylic acids is 2. The van der Waals surface area contributed by atoms with Crippen LogP contribution in [0, 0.1) is 0 Å². The third-order valence-electron chi connectivity index (χ3n) is 3.39. The van der Waals surface area contributed by atoms with Crippen LogP contribution in [-0.2, 0) is 9.53 Å². The van der Waals surface area contributed by atoms with Gasteiger partial charge >= 0.3 is 5.97 Å². The minimum Gasteiger partial charge on any atom is -0.493 e. The monoisotopic (exact) mass is 308 g/mol. The largest absolute Gasteiger partial charge is 0.493 e. The number of ether oxygens (including phenoxy) is 3. The molecule has 1 heterocycles. The van der Waals surface area contributed by atoms with Crippen LogP contribution in [0.3, 0.4) is 0 Å². The van der Waals surface area contributed by atoms with Crippen molar-refractivity contribution >= 4 is 11.9 Å². The van der Waals surface area contributed by atoms with Crippen LogP contribution in [0.2, 0.25) is 0 Å². The van der Waals surface area contributed by atoms with Gasteiger partial charge in [-0.25, -0.2) is 4.79 Å². The van der Waals surface area contributed by atoms with Crippen LogP contribution < -0.4 is 20.3 Å². The fourth-order valence-corrected chi connectivity index (χ4v) is 2.25. The van der Waals surface area contributed by atoms with Gasteiger partial charge in [0.25, 0.3) is 0 Å². The molecule has 1 aromatic rings. The van der Waals surface area contributed by atoms with Crippen LogP contribution in [0.15, 0.2) is 12.1 Å². The van der Waals surface area contributed by atoms with Crippen LogP contribution in [-0.4, -0.2) is 26.1 Å².